The smallest absolute Gasteiger partial charge is 0.302 e. The number of carbonyl (C=O) groups excluding carboxylic acids is 2. The molecule has 0 aliphatic carbocycles. The summed E-state index contributed by atoms with van der Waals surface area (Å²) in [7, 11) is 2.91. The van der Waals surface area contributed by atoms with Crippen LogP contribution < -0.4 is 0 Å². The van der Waals surface area contributed by atoms with E-state index in [0.29, 0.717) is 0 Å². The lowest BCUT2D eigenvalue weighted by molar-refractivity contribution is -0.162. The van der Waals surface area contributed by atoms with E-state index in [1.165, 1.54) is 27.2 Å². The Balaban J connectivity index is 3.79. The Hall–Kier alpha value is -1.62. The van der Waals surface area contributed by atoms with E-state index in [2.05, 4.69) is 9.57 Å². The fourth-order valence-electron chi connectivity index (χ4n) is 0.632. The van der Waals surface area contributed by atoms with Gasteiger partial charge in [0.05, 0.1) is 7.11 Å². The van der Waals surface area contributed by atoms with Gasteiger partial charge in [-0.05, 0) is 6.08 Å². The highest BCUT2D eigenvalue weighted by atomic mass is 16.7. The van der Waals surface area contributed by atoms with Gasteiger partial charge in [0, 0.05) is 20.0 Å². The molecule has 0 fully saturated rings. The van der Waals surface area contributed by atoms with Crippen LogP contribution in [0.15, 0.2) is 24.3 Å². The van der Waals surface area contributed by atoms with Crippen LogP contribution in [-0.2, 0) is 19.2 Å². The Morgan fingerprint density at radius 3 is 2.53 bits per heavy atom. The average molecular weight is 213 g/mol. The third-order valence-corrected chi connectivity index (χ3v) is 1.45. The maximum absolute atomic E-state index is 11.1. The number of carbonyl (C=O) groups is 2. The Morgan fingerprint density at radius 1 is 1.33 bits per heavy atom. The molecule has 0 heterocycles. The number of esters is 1. The van der Waals surface area contributed by atoms with Crippen LogP contribution in [0.25, 0.3) is 0 Å². The summed E-state index contributed by atoms with van der Waals surface area (Å²) >= 11 is 0. The van der Waals surface area contributed by atoms with Crippen LogP contribution in [0, 0.1) is 0 Å². The molecule has 0 aliphatic heterocycles. The summed E-state index contributed by atoms with van der Waals surface area (Å²) in [6, 6.07) is 0. The van der Waals surface area contributed by atoms with E-state index < -0.39 is 0 Å². The maximum atomic E-state index is 11.1. The Bertz CT molecular complexity index is 271. The molecule has 0 N–H and O–H groups in total. The first-order valence-electron chi connectivity index (χ1n) is 4.36. The fourth-order valence-corrected chi connectivity index (χ4v) is 0.632. The number of likely N-dealkylation sites (N-methyl/N-ethyl adjacent to an activating group) is 1. The number of hydrogen-bond acceptors (Lipinski definition) is 4. The van der Waals surface area contributed by atoms with E-state index in [9.17, 15) is 9.59 Å². The number of ether oxygens (including phenoxy) is 1. The first-order chi connectivity index (χ1) is 7.07. The molecule has 0 radical (unpaired) electrons. The zero-order valence-electron chi connectivity index (χ0n) is 9.10. The molecule has 0 aromatic carbocycles. The molecular formula is C10H15NO4. The molecule has 15 heavy (non-hydrogen) atoms. The summed E-state index contributed by atoms with van der Waals surface area (Å²) in [4.78, 5) is 26.1. The minimum Gasteiger partial charge on any atom is -0.462 e. The van der Waals surface area contributed by atoms with Crippen molar-refractivity contribution in [2.45, 2.75) is 6.92 Å². The van der Waals surface area contributed by atoms with Gasteiger partial charge in [-0.1, -0.05) is 12.2 Å². The number of nitrogens with zero attached hydrogens (tertiary/aromatic N) is 1. The van der Waals surface area contributed by atoms with E-state index in [1.54, 1.807) is 18.2 Å². The summed E-state index contributed by atoms with van der Waals surface area (Å²) < 4.78 is 4.64. The lowest BCUT2D eigenvalue weighted by atomic mass is 10.4. The van der Waals surface area contributed by atoms with Crippen molar-refractivity contribution >= 4 is 11.9 Å². The van der Waals surface area contributed by atoms with Crippen LogP contribution in [0.3, 0.4) is 0 Å². The molecule has 0 unspecified atom stereocenters. The molecule has 0 bridgehead atoms. The van der Waals surface area contributed by atoms with Gasteiger partial charge in [0.1, 0.15) is 6.61 Å². The molecule has 0 spiro atoms. The van der Waals surface area contributed by atoms with Crippen LogP contribution in [0.2, 0.25) is 0 Å². The van der Waals surface area contributed by atoms with E-state index >= 15 is 0 Å². The number of rotatable bonds is 5. The number of amides is 1. The standard InChI is InChI=1S/C10H15NO4/c1-9(12)15-8-6-4-5-7-10(13)11(2)14-3/h4-7H,8H2,1-3H3. The Morgan fingerprint density at radius 2 is 2.00 bits per heavy atom. The highest BCUT2D eigenvalue weighted by Crippen LogP contribution is 1.87. The number of allylic oxidation sites excluding steroid dienone is 2. The highest BCUT2D eigenvalue weighted by molar-refractivity contribution is 5.86. The molecule has 0 aromatic heterocycles. The van der Waals surface area contributed by atoms with E-state index in [-0.39, 0.29) is 18.5 Å². The van der Waals surface area contributed by atoms with Crippen LogP contribution in [0.4, 0.5) is 0 Å². The zero-order chi connectivity index (χ0) is 11.7. The highest BCUT2D eigenvalue weighted by Gasteiger charge is 2.00. The fraction of sp³-hybridized carbons (Fsp3) is 0.400. The van der Waals surface area contributed by atoms with Crippen molar-refractivity contribution in [3.8, 4) is 0 Å². The summed E-state index contributed by atoms with van der Waals surface area (Å²) in [5.41, 5.74) is 0. The van der Waals surface area contributed by atoms with Crippen molar-refractivity contribution in [1.82, 2.24) is 5.06 Å². The van der Waals surface area contributed by atoms with Crippen molar-refractivity contribution in [3.05, 3.63) is 24.3 Å². The second kappa shape index (κ2) is 7.75. The molecule has 0 saturated heterocycles. The topological polar surface area (TPSA) is 55.8 Å². The molecule has 0 atom stereocenters. The van der Waals surface area contributed by atoms with Gasteiger partial charge < -0.3 is 4.74 Å². The van der Waals surface area contributed by atoms with Gasteiger partial charge in [-0.25, -0.2) is 5.06 Å². The quantitative estimate of drug-likeness (QED) is 0.292. The molecule has 0 rings (SSSR count). The van der Waals surface area contributed by atoms with Crippen molar-refractivity contribution < 1.29 is 19.2 Å². The zero-order valence-corrected chi connectivity index (χ0v) is 9.10. The minimum atomic E-state index is -0.334. The summed E-state index contributed by atoms with van der Waals surface area (Å²) in [5.74, 6) is -0.603. The van der Waals surface area contributed by atoms with Gasteiger partial charge in [-0.2, -0.15) is 0 Å². The molecule has 0 aromatic rings. The van der Waals surface area contributed by atoms with Gasteiger partial charge in [0.25, 0.3) is 5.91 Å². The van der Waals surface area contributed by atoms with Crippen LogP contribution in [-0.4, -0.2) is 37.7 Å². The van der Waals surface area contributed by atoms with Gasteiger partial charge in [0.15, 0.2) is 0 Å². The second-order valence-corrected chi connectivity index (χ2v) is 2.61. The maximum Gasteiger partial charge on any atom is 0.302 e. The van der Waals surface area contributed by atoms with Crippen LogP contribution in [0.1, 0.15) is 6.92 Å². The second-order valence-electron chi connectivity index (χ2n) is 2.61. The molecular weight excluding hydrogens is 198 g/mol. The molecule has 0 aliphatic rings. The predicted octanol–water partition coefficient (Wildman–Crippen LogP) is 0.682. The number of hydroxylamine groups is 2. The van der Waals surface area contributed by atoms with Gasteiger partial charge in [-0.3, -0.25) is 14.4 Å². The molecule has 5 nitrogen and oxygen atoms in total. The van der Waals surface area contributed by atoms with Crippen LogP contribution in [0.5, 0.6) is 0 Å². The van der Waals surface area contributed by atoms with Crippen molar-refractivity contribution in [2.24, 2.45) is 0 Å². The van der Waals surface area contributed by atoms with E-state index in [4.69, 9.17) is 0 Å². The lowest BCUT2D eigenvalue weighted by Crippen LogP contribution is -2.22. The minimum absolute atomic E-state index is 0.202. The lowest BCUT2D eigenvalue weighted by Gasteiger charge is -2.09. The van der Waals surface area contributed by atoms with Crippen molar-refractivity contribution in [3.63, 3.8) is 0 Å². The van der Waals surface area contributed by atoms with Gasteiger partial charge in [-0.15, -0.1) is 0 Å². The molecule has 5 heteroatoms. The Kier molecular flexibility index (Phi) is 6.92. The van der Waals surface area contributed by atoms with Crippen molar-refractivity contribution in [2.75, 3.05) is 20.8 Å². The summed E-state index contributed by atoms with van der Waals surface area (Å²) in [6.07, 6.45) is 6.12. The normalized spacial score (nSPS) is 10.9. The SMILES string of the molecule is CON(C)C(=O)C=CC=CCOC(C)=O. The largest absolute Gasteiger partial charge is 0.462 e. The van der Waals surface area contributed by atoms with Gasteiger partial charge in [0.2, 0.25) is 0 Å². The monoisotopic (exact) mass is 213 g/mol. The number of hydrogen-bond donors (Lipinski definition) is 0. The molecule has 84 valence electrons. The predicted molar refractivity (Wildman–Crippen MR) is 54.7 cm³/mol. The van der Waals surface area contributed by atoms with Gasteiger partial charge >= 0.3 is 5.97 Å². The average Bonchev–Trinajstić information content (AvgIpc) is 2.21. The van der Waals surface area contributed by atoms with Crippen LogP contribution >= 0.6 is 0 Å². The third-order valence-electron chi connectivity index (χ3n) is 1.45. The molecule has 1 amide bonds. The van der Waals surface area contributed by atoms with Crippen molar-refractivity contribution in [1.29, 1.82) is 0 Å². The third kappa shape index (κ3) is 7.45. The van der Waals surface area contributed by atoms with E-state index in [1.807, 2.05) is 0 Å². The summed E-state index contributed by atoms with van der Waals surface area (Å²) in [5, 5.41) is 1.09. The van der Waals surface area contributed by atoms with E-state index in [0.717, 1.165) is 5.06 Å². The Labute approximate surface area is 88.9 Å². The summed E-state index contributed by atoms with van der Waals surface area (Å²) in [6.45, 7) is 1.54. The first-order valence-corrected chi connectivity index (χ1v) is 4.36. The first kappa shape index (κ1) is 13.4. The molecule has 0 saturated carbocycles.